The van der Waals surface area contributed by atoms with E-state index in [0.29, 0.717) is 38.5 Å². The van der Waals surface area contributed by atoms with Gasteiger partial charge in [0.1, 0.15) is 17.5 Å². The van der Waals surface area contributed by atoms with Gasteiger partial charge in [0.05, 0.1) is 35.1 Å². The highest BCUT2D eigenvalue weighted by Gasteiger charge is 2.35. The van der Waals surface area contributed by atoms with E-state index in [0.717, 1.165) is 11.3 Å². The Labute approximate surface area is 214 Å². The Morgan fingerprint density at radius 2 is 1.83 bits per heavy atom. The van der Waals surface area contributed by atoms with Gasteiger partial charge >= 0.3 is 5.97 Å². The fourth-order valence-corrected chi connectivity index (χ4v) is 5.18. The highest BCUT2D eigenvalue weighted by atomic mass is 32.1. The van der Waals surface area contributed by atoms with Gasteiger partial charge in [0.2, 0.25) is 0 Å². The van der Waals surface area contributed by atoms with E-state index in [4.69, 9.17) is 14.2 Å². The molecule has 0 saturated heterocycles. The Kier molecular flexibility index (Phi) is 7.74. The summed E-state index contributed by atoms with van der Waals surface area (Å²) >= 11 is 1.29. The maximum atomic E-state index is 13.8. The predicted octanol–water partition coefficient (Wildman–Crippen LogP) is 3.98. The van der Waals surface area contributed by atoms with Gasteiger partial charge in [-0.05, 0) is 64.5 Å². The Morgan fingerprint density at radius 1 is 1.11 bits per heavy atom. The molecule has 0 amide bonds. The van der Waals surface area contributed by atoms with Crippen LogP contribution in [-0.4, -0.2) is 29.9 Å². The van der Waals surface area contributed by atoms with Crippen LogP contribution in [0.15, 0.2) is 69.6 Å². The normalized spacial score (nSPS) is 15.5. The van der Waals surface area contributed by atoms with Crippen LogP contribution in [0.5, 0.6) is 11.5 Å². The number of thiazole rings is 1. The van der Waals surface area contributed by atoms with Crippen molar-refractivity contribution in [3.05, 3.63) is 90.6 Å². The molecule has 0 unspecified atom stereocenters. The van der Waals surface area contributed by atoms with Crippen molar-refractivity contribution in [3.63, 3.8) is 0 Å². The first-order valence-electron chi connectivity index (χ1n) is 12.0. The second-order valence-corrected chi connectivity index (χ2v) is 9.52. The van der Waals surface area contributed by atoms with Crippen molar-refractivity contribution in [1.29, 1.82) is 0 Å². The Bertz CT molecular complexity index is 1460. The van der Waals surface area contributed by atoms with Gasteiger partial charge in [-0.3, -0.25) is 9.36 Å². The van der Waals surface area contributed by atoms with Gasteiger partial charge in [-0.15, -0.1) is 0 Å². The zero-order chi connectivity index (χ0) is 25.8. The lowest BCUT2D eigenvalue weighted by Gasteiger charge is -2.26. The van der Waals surface area contributed by atoms with E-state index in [2.05, 4.69) is 4.99 Å². The smallest absolute Gasteiger partial charge is 0.338 e. The number of carbonyl (C=O) groups excluding carboxylic acids is 1. The van der Waals surface area contributed by atoms with Crippen molar-refractivity contribution in [3.8, 4) is 11.5 Å². The van der Waals surface area contributed by atoms with Gasteiger partial charge in [0.15, 0.2) is 4.80 Å². The molecule has 188 valence electrons. The Hall–Kier alpha value is -3.65. The van der Waals surface area contributed by atoms with Crippen LogP contribution in [0.1, 0.15) is 51.8 Å². The molecule has 36 heavy (non-hydrogen) atoms. The van der Waals surface area contributed by atoms with Crippen molar-refractivity contribution in [2.75, 3.05) is 13.2 Å². The number of benzene rings is 2. The summed E-state index contributed by atoms with van der Waals surface area (Å²) in [5.41, 5.74) is 2.19. The number of ether oxygens (including phenoxy) is 3. The first kappa shape index (κ1) is 25.4. The monoisotopic (exact) mass is 506 g/mol. The lowest BCUT2D eigenvalue weighted by atomic mass is 9.95. The highest BCUT2D eigenvalue weighted by molar-refractivity contribution is 7.07. The molecule has 1 aromatic heterocycles. The minimum absolute atomic E-state index is 0.0854. The fraction of sp³-hybridized carbons (Fsp3) is 0.321. The third kappa shape index (κ3) is 5.14. The second-order valence-electron chi connectivity index (χ2n) is 8.51. The third-order valence-electron chi connectivity index (χ3n) is 5.58. The van der Waals surface area contributed by atoms with E-state index in [9.17, 15) is 9.59 Å². The van der Waals surface area contributed by atoms with Crippen LogP contribution in [-0.2, 0) is 9.53 Å². The number of rotatable bonds is 8. The zero-order valence-electron chi connectivity index (χ0n) is 21.1. The number of nitrogens with zero attached hydrogens (tertiary/aromatic N) is 2. The molecule has 1 aliphatic heterocycles. The van der Waals surface area contributed by atoms with Gasteiger partial charge in [-0.25, -0.2) is 9.79 Å². The Morgan fingerprint density at radius 3 is 2.50 bits per heavy atom. The average molecular weight is 507 g/mol. The number of carbonyl (C=O) groups is 1. The minimum Gasteiger partial charge on any atom is -0.494 e. The summed E-state index contributed by atoms with van der Waals surface area (Å²) < 4.78 is 19.1. The molecule has 0 N–H and O–H groups in total. The maximum absolute atomic E-state index is 13.8. The molecule has 0 radical (unpaired) electrons. The maximum Gasteiger partial charge on any atom is 0.338 e. The SMILES string of the molecule is CCOC(=O)C1=C(C)N=c2s/c(=C\c3ccc(OCC)cc3)c(=O)n2[C@H]1c1ccccc1OC(C)C. The molecule has 2 heterocycles. The number of allylic oxidation sites excluding steroid dienone is 1. The summed E-state index contributed by atoms with van der Waals surface area (Å²) in [4.78, 5) is 32.1. The first-order chi connectivity index (χ1) is 17.3. The van der Waals surface area contributed by atoms with Crippen molar-refractivity contribution >= 4 is 23.4 Å². The van der Waals surface area contributed by atoms with Crippen LogP contribution in [0.3, 0.4) is 0 Å². The first-order valence-corrected chi connectivity index (χ1v) is 12.8. The topological polar surface area (TPSA) is 79.1 Å². The molecule has 0 spiro atoms. The molecule has 4 rings (SSSR count). The molecule has 3 aromatic rings. The molecule has 0 fully saturated rings. The largest absolute Gasteiger partial charge is 0.494 e. The van der Waals surface area contributed by atoms with Crippen LogP contribution in [0.25, 0.3) is 6.08 Å². The summed E-state index contributed by atoms with van der Waals surface area (Å²) in [5.74, 6) is 0.881. The van der Waals surface area contributed by atoms with Gasteiger partial charge in [-0.2, -0.15) is 0 Å². The van der Waals surface area contributed by atoms with Crippen molar-refractivity contribution < 1.29 is 19.0 Å². The summed E-state index contributed by atoms with van der Waals surface area (Å²) in [6, 6.07) is 14.3. The molecule has 2 aromatic carbocycles. The quantitative estimate of drug-likeness (QED) is 0.432. The molecule has 1 aliphatic rings. The van der Waals surface area contributed by atoms with Crippen molar-refractivity contribution in [2.45, 2.75) is 46.8 Å². The number of hydrogen-bond acceptors (Lipinski definition) is 7. The molecule has 0 saturated carbocycles. The van der Waals surface area contributed by atoms with Crippen molar-refractivity contribution in [2.24, 2.45) is 4.99 Å². The van der Waals surface area contributed by atoms with E-state index < -0.39 is 12.0 Å². The van der Waals surface area contributed by atoms with E-state index in [-0.39, 0.29) is 18.3 Å². The minimum atomic E-state index is -0.724. The second kappa shape index (κ2) is 11.0. The molecule has 0 bridgehead atoms. The summed E-state index contributed by atoms with van der Waals surface area (Å²) in [5, 5.41) is 0. The van der Waals surface area contributed by atoms with Crippen LogP contribution in [0.2, 0.25) is 0 Å². The standard InChI is InChI=1S/C28H30N2O5S/c1-6-33-20-14-12-19(13-15-20)16-23-26(31)30-25(21-10-8-9-11-22(21)35-17(3)4)24(27(32)34-7-2)18(5)29-28(30)36-23/h8-17,25H,6-7H2,1-5H3/b23-16-/t25-/m0/s1. The van der Waals surface area contributed by atoms with Gasteiger partial charge in [-0.1, -0.05) is 41.7 Å². The molecular weight excluding hydrogens is 476 g/mol. The lowest BCUT2D eigenvalue weighted by Crippen LogP contribution is -2.40. The van der Waals surface area contributed by atoms with E-state index in [1.54, 1.807) is 18.4 Å². The van der Waals surface area contributed by atoms with E-state index in [1.165, 1.54) is 11.3 Å². The summed E-state index contributed by atoms with van der Waals surface area (Å²) in [6.07, 6.45) is 1.74. The van der Waals surface area contributed by atoms with Crippen molar-refractivity contribution in [1.82, 2.24) is 4.57 Å². The van der Waals surface area contributed by atoms with Gasteiger partial charge < -0.3 is 14.2 Å². The number of fused-ring (bicyclic) bond motifs is 1. The lowest BCUT2D eigenvalue weighted by molar-refractivity contribution is -0.139. The molecule has 1 atom stereocenters. The molecule has 0 aliphatic carbocycles. The zero-order valence-corrected chi connectivity index (χ0v) is 21.9. The average Bonchev–Trinajstić information content (AvgIpc) is 3.14. The van der Waals surface area contributed by atoms with Crippen LogP contribution >= 0.6 is 11.3 Å². The highest BCUT2D eigenvalue weighted by Crippen LogP contribution is 2.36. The van der Waals surface area contributed by atoms with E-state index >= 15 is 0 Å². The van der Waals surface area contributed by atoms with Crippen LogP contribution in [0.4, 0.5) is 0 Å². The predicted molar refractivity (Wildman–Crippen MR) is 140 cm³/mol. The number of esters is 1. The van der Waals surface area contributed by atoms with Gasteiger partial charge in [0.25, 0.3) is 5.56 Å². The van der Waals surface area contributed by atoms with Crippen LogP contribution < -0.4 is 24.4 Å². The third-order valence-corrected chi connectivity index (χ3v) is 6.57. The summed E-state index contributed by atoms with van der Waals surface area (Å²) in [7, 11) is 0. The van der Waals surface area contributed by atoms with Crippen LogP contribution in [0, 0.1) is 0 Å². The van der Waals surface area contributed by atoms with Gasteiger partial charge in [0, 0.05) is 5.56 Å². The number of aromatic nitrogens is 1. The Balaban J connectivity index is 1.92. The summed E-state index contributed by atoms with van der Waals surface area (Å²) in [6.45, 7) is 10.1. The molecule has 8 heteroatoms. The number of para-hydroxylation sites is 1. The van der Waals surface area contributed by atoms with E-state index in [1.807, 2.05) is 75.4 Å². The fourth-order valence-electron chi connectivity index (χ4n) is 4.13. The molecular formula is C28H30N2O5S. The number of hydrogen-bond donors (Lipinski definition) is 0. The molecule has 7 nitrogen and oxygen atoms in total.